The maximum Gasteiger partial charge on any atom is 0.305 e. The summed E-state index contributed by atoms with van der Waals surface area (Å²) in [6.07, 6.45) is 1.33. The molecule has 0 unspecified atom stereocenters. The predicted molar refractivity (Wildman–Crippen MR) is 61.4 cm³/mol. The van der Waals surface area contributed by atoms with Crippen molar-refractivity contribution in [1.29, 1.82) is 0 Å². The smallest absolute Gasteiger partial charge is 0.305 e. The zero-order valence-corrected chi connectivity index (χ0v) is 10.7. The second-order valence-corrected chi connectivity index (χ2v) is 5.65. The zero-order chi connectivity index (χ0) is 11.9. The average molecular weight is 202 g/mol. The Balaban J connectivity index is 0. The molecule has 0 aromatic carbocycles. The maximum atomic E-state index is 9.70. The molecule has 0 aromatic heterocycles. The Labute approximate surface area is 88.7 Å². The van der Waals surface area contributed by atoms with Crippen LogP contribution in [0.1, 0.15) is 54.9 Å². The first kappa shape index (κ1) is 15.9. The van der Waals surface area contributed by atoms with E-state index < -0.39 is 5.97 Å². The van der Waals surface area contributed by atoms with Gasteiger partial charge in [0.15, 0.2) is 0 Å². The molecule has 1 N–H and O–H groups in total. The van der Waals surface area contributed by atoms with Gasteiger partial charge in [-0.15, -0.1) is 0 Å². The number of aliphatic carboxylic acids is 1. The lowest BCUT2D eigenvalue weighted by atomic mass is 9.86. The highest BCUT2D eigenvalue weighted by Crippen LogP contribution is 2.23. The minimum absolute atomic E-state index is 0.231. The van der Waals surface area contributed by atoms with Crippen molar-refractivity contribution >= 4 is 5.97 Å². The second-order valence-electron chi connectivity index (χ2n) is 5.65. The van der Waals surface area contributed by atoms with Crippen LogP contribution >= 0.6 is 0 Å². The van der Waals surface area contributed by atoms with Crippen LogP contribution in [0.5, 0.6) is 0 Å². The lowest BCUT2D eigenvalue weighted by Crippen LogP contribution is -2.08. The highest BCUT2D eigenvalue weighted by atomic mass is 16.4. The molecule has 0 rings (SSSR count). The molecule has 2 nitrogen and oxygen atoms in total. The number of carboxylic acid groups (broad SMARTS) is 1. The van der Waals surface area contributed by atoms with Gasteiger partial charge in [-0.2, -0.15) is 0 Å². The largest absolute Gasteiger partial charge is 0.481 e. The molecule has 0 amide bonds. The van der Waals surface area contributed by atoms with E-state index in [0.29, 0.717) is 5.41 Å². The molecular weight excluding hydrogens is 176 g/mol. The Hall–Kier alpha value is -0.530. The van der Waals surface area contributed by atoms with Gasteiger partial charge in [0.25, 0.3) is 0 Å². The fourth-order valence-corrected chi connectivity index (χ4v) is 1.22. The molecule has 2 heteroatoms. The van der Waals surface area contributed by atoms with Gasteiger partial charge in [-0.25, -0.2) is 0 Å². The SMILES string of the molecule is CC(C)C(=O)O.CC(C)CC(C)(C)C. The van der Waals surface area contributed by atoms with Crippen LogP contribution in [-0.4, -0.2) is 11.1 Å². The topological polar surface area (TPSA) is 37.3 Å². The number of hydrogen-bond donors (Lipinski definition) is 1. The third kappa shape index (κ3) is 17.5. The first-order chi connectivity index (χ1) is 6.06. The van der Waals surface area contributed by atoms with E-state index in [0.717, 1.165) is 5.92 Å². The van der Waals surface area contributed by atoms with Crippen molar-refractivity contribution in [2.75, 3.05) is 0 Å². The lowest BCUT2D eigenvalue weighted by Gasteiger charge is -2.19. The Morgan fingerprint density at radius 3 is 1.43 bits per heavy atom. The van der Waals surface area contributed by atoms with Crippen molar-refractivity contribution < 1.29 is 9.90 Å². The average Bonchev–Trinajstić information content (AvgIpc) is 1.81. The Morgan fingerprint density at radius 2 is 1.43 bits per heavy atom. The Kier molecular flexibility index (Phi) is 7.80. The summed E-state index contributed by atoms with van der Waals surface area (Å²) in [6.45, 7) is 14.7. The van der Waals surface area contributed by atoms with E-state index in [-0.39, 0.29) is 5.92 Å². The molecule has 0 saturated carbocycles. The number of hydrogen-bond acceptors (Lipinski definition) is 1. The van der Waals surface area contributed by atoms with Gasteiger partial charge in [0.1, 0.15) is 0 Å². The molecule has 0 saturated heterocycles. The highest BCUT2D eigenvalue weighted by Gasteiger charge is 2.11. The fourth-order valence-electron chi connectivity index (χ4n) is 1.22. The van der Waals surface area contributed by atoms with Gasteiger partial charge in [-0.1, -0.05) is 48.5 Å². The summed E-state index contributed by atoms with van der Waals surface area (Å²) in [5.41, 5.74) is 0.522. The van der Waals surface area contributed by atoms with Gasteiger partial charge in [0.05, 0.1) is 5.92 Å². The summed E-state index contributed by atoms with van der Waals surface area (Å²) in [5.74, 6) is -0.130. The highest BCUT2D eigenvalue weighted by molar-refractivity contribution is 5.68. The molecule has 14 heavy (non-hydrogen) atoms. The molecule has 0 aliphatic rings. The minimum atomic E-state index is -0.741. The van der Waals surface area contributed by atoms with Gasteiger partial charge in [-0.3, -0.25) is 4.79 Å². The Morgan fingerprint density at radius 1 is 1.14 bits per heavy atom. The van der Waals surface area contributed by atoms with E-state index in [1.54, 1.807) is 13.8 Å². The third-order valence-electron chi connectivity index (χ3n) is 1.51. The van der Waals surface area contributed by atoms with Crippen molar-refractivity contribution in [3.63, 3.8) is 0 Å². The molecule has 86 valence electrons. The van der Waals surface area contributed by atoms with Crippen LogP contribution in [-0.2, 0) is 4.79 Å². The first-order valence-electron chi connectivity index (χ1n) is 5.29. The molecule has 0 radical (unpaired) electrons. The van der Waals surface area contributed by atoms with Crippen LogP contribution in [0.2, 0.25) is 0 Å². The summed E-state index contributed by atoms with van der Waals surface area (Å²) in [5, 5.41) is 7.99. The van der Waals surface area contributed by atoms with Gasteiger partial charge in [0, 0.05) is 0 Å². The van der Waals surface area contributed by atoms with Crippen molar-refractivity contribution in [2.24, 2.45) is 17.3 Å². The molecule has 0 bridgehead atoms. The van der Waals surface area contributed by atoms with Gasteiger partial charge >= 0.3 is 5.97 Å². The van der Waals surface area contributed by atoms with Gasteiger partial charge in [0.2, 0.25) is 0 Å². The predicted octanol–water partition coefficient (Wildman–Crippen LogP) is 3.81. The molecule has 0 aliphatic heterocycles. The molecule has 0 aliphatic carbocycles. The quantitative estimate of drug-likeness (QED) is 0.739. The summed E-state index contributed by atoms with van der Waals surface area (Å²) < 4.78 is 0. The van der Waals surface area contributed by atoms with E-state index in [1.807, 2.05) is 0 Å². The normalized spacial score (nSPS) is 11.2. The number of rotatable bonds is 2. The number of carboxylic acids is 1. The van der Waals surface area contributed by atoms with E-state index in [4.69, 9.17) is 5.11 Å². The van der Waals surface area contributed by atoms with E-state index >= 15 is 0 Å². The minimum Gasteiger partial charge on any atom is -0.481 e. The fraction of sp³-hybridized carbons (Fsp3) is 0.917. The van der Waals surface area contributed by atoms with Crippen molar-refractivity contribution in [3.05, 3.63) is 0 Å². The van der Waals surface area contributed by atoms with Crippen LogP contribution in [0.3, 0.4) is 0 Å². The molecule has 0 heterocycles. The number of carbonyl (C=O) groups is 1. The van der Waals surface area contributed by atoms with E-state index in [9.17, 15) is 4.79 Å². The van der Waals surface area contributed by atoms with E-state index in [2.05, 4.69) is 34.6 Å². The third-order valence-corrected chi connectivity index (χ3v) is 1.51. The molecule has 0 atom stereocenters. The molecular formula is C12H26O2. The van der Waals surface area contributed by atoms with E-state index in [1.165, 1.54) is 6.42 Å². The van der Waals surface area contributed by atoms with Gasteiger partial charge < -0.3 is 5.11 Å². The Bertz CT molecular complexity index is 152. The van der Waals surface area contributed by atoms with Crippen LogP contribution in [0.4, 0.5) is 0 Å². The standard InChI is InChI=1S/C8H18.C4H8O2/c1-7(2)6-8(3,4)5;1-3(2)4(5)6/h7H,6H2,1-5H3;3H,1-2H3,(H,5,6). The lowest BCUT2D eigenvalue weighted by molar-refractivity contribution is -0.140. The van der Waals surface area contributed by atoms with Crippen LogP contribution in [0, 0.1) is 17.3 Å². The molecule has 0 spiro atoms. The monoisotopic (exact) mass is 202 g/mol. The zero-order valence-electron chi connectivity index (χ0n) is 10.7. The van der Waals surface area contributed by atoms with Crippen LogP contribution < -0.4 is 0 Å². The van der Waals surface area contributed by atoms with Gasteiger partial charge in [-0.05, 0) is 17.8 Å². The summed E-state index contributed by atoms with van der Waals surface area (Å²) in [6, 6.07) is 0. The van der Waals surface area contributed by atoms with Crippen molar-refractivity contribution in [3.8, 4) is 0 Å². The first-order valence-corrected chi connectivity index (χ1v) is 5.29. The second kappa shape index (κ2) is 6.86. The van der Waals surface area contributed by atoms with Crippen LogP contribution in [0.15, 0.2) is 0 Å². The molecule has 0 aromatic rings. The van der Waals surface area contributed by atoms with Crippen molar-refractivity contribution in [2.45, 2.75) is 54.9 Å². The summed E-state index contributed by atoms with van der Waals surface area (Å²) in [7, 11) is 0. The summed E-state index contributed by atoms with van der Waals surface area (Å²) >= 11 is 0. The summed E-state index contributed by atoms with van der Waals surface area (Å²) in [4.78, 5) is 9.70. The molecule has 0 fully saturated rings. The maximum absolute atomic E-state index is 9.70. The van der Waals surface area contributed by atoms with Crippen LogP contribution in [0.25, 0.3) is 0 Å². The van der Waals surface area contributed by atoms with Crippen molar-refractivity contribution in [1.82, 2.24) is 0 Å².